The minimum atomic E-state index is -0.716. The second-order valence-electron chi connectivity index (χ2n) is 7.10. The van der Waals surface area contributed by atoms with Crippen LogP contribution in [-0.4, -0.2) is 9.78 Å². The van der Waals surface area contributed by atoms with Crippen LogP contribution < -0.4 is 5.56 Å². The topological polar surface area (TPSA) is 37.8 Å². The molecule has 1 N–H and O–H groups in total. The van der Waals surface area contributed by atoms with Crippen molar-refractivity contribution in [2.45, 2.75) is 5.54 Å². The van der Waals surface area contributed by atoms with Crippen LogP contribution >= 0.6 is 0 Å². The zero-order chi connectivity index (χ0) is 19.7. The number of aromatic nitrogens is 2. The van der Waals surface area contributed by atoms with E-state index < -0.39 is 5.54 Å². The highest BCUT2D eigenvalue weighted by Gasteiger charge is 2.40. The van der Waals surface area contributed by atoms with Crippen molar-refractivity contribution in [3.05, 3.63) is 142 Å². The number of hydrogen-bond donors (Lipinski definition) is 1. The number of fused-ring (bicyclic) bond motifs is 1. The molecule has 0 spiro atoms. The number of benzene rings is 4. The molecule has 29 heavy (non-hydrogen) atoms. The Labute approximate surface area is 168 Å². The Bertz CT molecular complexity index is 1210. The van der Waals surface area contributed by atoms with Gasteiger partial charge in [0.25, 0.3) is 5.56 Å². The highest BCUT2D eigenvalue weighted by molar-refractivity contribution is 5.79. The van der Waals surface area contributed by atoms with Gasteiger partial charge >= 0.3 is 0 Å². The van der Waals surface area contributed by atoms with E-state index in [0.29, 0.717) is 5.39 Å². The van der Waals surface area contributed by atoms with E-state index in [2.05, 4.69) is 41.5 Å². The van der Waals surface area contributed by atoms with Crippen LogP contribution in [0.3, 0.4) is 0 Å². The molecule has 3 heteroatoms. The van der Waals surface area contributed by atoms with Gasteiger partial charge in [-0.25, -0.2) is 0 Å². The molecule has 5 rings (SSSR count). The van der Waals surface area contributed by atoms with Crippen molar-refractivity contribution in [3.63, 3.8) is 0 Å². The lowest BCUT2D eigenvalue weighted by Crippen LogP contribution is -2.39. The van der Waals surface area contributed by atoms with Gasteiger partial charge in [0.15, 0.2) is 0 Å². The molecule has 5 aromatic rings. The second-order valence-corrected chi connectivity index (χ2v) is 7.10. The Morgan fingerprint density at radius 3 is 1.45 bits per heavy atom. The molecule has 3 nitrogen and oxygen atoms in total. The van der Waals surface area contributed by atoms with Crippen molar-refractivity contribution in [2.75, 3.05) is 0 Å². The van der Waals surface area contributed by atoms with E-state index in [1.54, 1.807) is 0 Å². The van der Waals surface area contributed by atoms with Crippen LogP contribution in [-0.2, 0) is 5.54 Å². The molecular formula is C26H20N2O. The Balaban J connectivity index is 2.00. The predicted molar refractivity (Wildman–Crippen MR) is 117 cm³/mol. The second kappa shape index (κ2) is 6.95. The van der Waals surface area contributed by atoms with Crippen molar-refractivity contribution in [3.8, 4) is 0 Å². The fourth-order valence-corrected chi connectivity index (χ4v) is 4.27. The first-order valence-corrected chi connectivity index (χ1v) is 9.68. The number of nitrogens with one attached hydrogen (secondary N) is 1. The summed E-state index contributed by atoms with van der Waals surface area (Å²) >= 11 is 0. The van der Waals surface area contributed by atoms with Crippen molar-refractivity contribution in [1.29, 1.82) is 0 Å². The molecule has 0 radical (unpaired) electrons. The van der Waals surface area contributed by atoms with Gasteiger partial charge in [-0.2, -0.15) is 0 Å². The Morgan fingerprint density at radius 1 is 0.552 bits per heavy atom. The fraction of sp³-hybridized carbons (Fsp3) is 0.0385. The molecule has 1 heterocycles. The van der Waals surface area contributed by atoms with E-state index in [-0.39, 0.29) is 5.56 Å². The molecule has 0 amide bonds. The largest absolute Gasteiger partial charge is 0.272 e. The first kappa shape index (κ1) is 17.3. The molecule has 1 aromatic heterocycles. The highest BCUT2D eigenvalue weighted by Crippen LogP contribution is 2.41. The predicted octanol–water partition coefficient (Wildman–Crippen LogP) is 5.17. The summed E-state index contributed by atoms with van der Waals surface area (Å²) in [6.07, 6.45) is 0. The van der Waals surface area contributed by atoms with Crippen molar-refractivity contribution < 1.29 is 0 Å². The summed E-state index contributed by atoms with van der Waals surface area (Å²) in [5.41, 5.74) is 3.30. The summed E-state index contributed by atoms with van der Waals surface area (Å²) in [6.45, 7) is 0. The van der Waals surface area contributed by atoms with Gasteiger partial charge in [-0.05, 0) is 28.8 Å². The summed E-state index contributed by atoms with van der Waals surface area (Å²) in [5, 5.41) is 3.83. The summed E-state index contributed by atoms with van der Waals surface area (Å²) in [6, 6.07) is 38.7. The standard InChI is InChI=1S/C26H20N2O/c29-25-23-18-10-11-19-24(23)28(27-25)26(20-12-4-1-5-13-20,21-14-6-2-7-15-21)22-16-8-3-9-17-22/h1-19H,(H,27,29). The summed E-state index contributed by atoms with van der Waals surface area (Å²) in [4.78, 5) is 12.9. The monoisotopic (exact) mass is 376 g/mol. The number of aromatic amines is 1. The average Bonchev–Trinajstić information content (AvgIpc) is 3.14. The zero-order valence-corrected chi connectivity index (χ0v) is 15.8. The maximum Gasteiger partial charge on any atom is 0.272 e. The number of nitrogens with zero attached hydrogens (tertiary/aromatic N) is 1. The number of rotatable bonds is 4. The lowest BCUT2D eigenvalue weighted by molar-refractivity contribution is 0.472. The zero-order valence-electron chi connectivity index (χ0n) is 15.8. The van der Waals surface area contributed by atoms with Gasteiger partial charge in [-0.1, -0.05) is 103 Å². The fourth-order valence-electron chi connectivity index (χ4n) is 4.27. The van der Waals surface area contributed by atoms with Crippen LogP contribution in [0, 0.1) is 0 Å². The lowest BCUT2D eigenvalue weighted by atomic mass is 9.77. The van der Waals surface area contributed by atoms with Crippen LogP contribution in [0.2, 0.25) is 0 Å². The quantitative estimate of drug-likeness (QED) is 0.432. The van der Waals surface area contributed by atoms with Crippen molar-refractivity contribution in [2.24, 2.45) is 0 Å². The molecule has 0 atom stereocenters. The molecule has 0 aliphatic heterocycles. The highest BCUT2D eigenvalue weighted by atomic mass is 16.1. The Kier molecular flexibility index (Phi) is 4.14. The molecule has 0 unspecified atom stereocenters. The van der Waals surface area contributed by atoms with E-state index >= 15 is 0 Å². The molecule has 0 saturated carbocycles. The number of para-hydroxylation sites is 1. The normalized spacial score (nSPS) is 11.6. The molecule has 0 fully saturated rings. The molecule has 4 aromatic carbocycles. The minimum Gasteiger partial charge on any atom is -0.267 e. The number of H-pyrrole nitrogens is 1. The van der Waals surface area contributed by atoms with Gasteiger partial charge in [0, 0.05) is 0 Å². The van der Waals surface area contributed by atoms with Gasteiger partial charge in [-0.15, -0.1) is 0 Å². The summed E-state index contributed by atoms with van der Waals surface area (Å²) in [7, 11) is 0. The minimum absolute atomic E-state index is 0.0900. The van der Waals surface area contributed by atoms with Gasteiger partial charge in [0.1, 0.15) is 5.54 Å². The van der Waals surface area contributed by atoms with Crippen LogP contribution in [0.15, 0.2) is 120 Å². The van der Waals surface area contributed by atoms with Crippen molar-refractivity contribution >= 4 is 10.9 Å². The SMILES string of the molecule is O=c1[nH]n(C(c2ccccc2)(c2ccccc2)c2ccccc2)c2ccccc12. The maximum atomic E-state index is 12.9. The third-order valence-corrected chi connectivity index (χ3v) is 5.51. The van der Waals surface area contributed by atoms with Crippen LogP contribution in [0.4, 0.5) is 0 Å². The van der Waals surface area contributed by atoms with Crippen LogP contribution in [0.5, 0.6) is 0 Å². The van der Waals surface area contributed by atoms with E-state index in [9.17, 15) is 4.79 Å². The first-order valence-electron chi connectivity index (χ1n) is 9.68. The van der Waals surface area contributed by atoms with Crippen LogP contribution in [0.25, 0.3) is 10.9 Å². The first-order chi connectivity index (χ1) is 14.3. The summed E-state index contributed by atoms with van der Waals surface area (Å²) < 4.78 is 2.02. The smallest absolute Gasteiger partial charge is 0.267 e. The Morgan fingerprint density at radius 2 is 0.966 bits per heavy atom. The molecular weight excluding hydrogens is 356 g/mol. The number of hydrogen-bond acceptors (Lipinski definition) is 1. The van der Waals surface area contributed by atoms with Gasteiger partial charge in [-0.3, -0.25) is 14.6 Å². The Hall–Kier alpha value is -3.85. The molecule has 0 saturated heterocycles. The lowest BCUT2D eigenvalue weighted by Gasteiger charge is -2.37. The molecule has 0 aliphatic rings. The van der Waals surface area contributed by atoms with Gasteiger partial charge < -0.3 is 0 Å². The third kappa shape index (κ3) is 2.63. The van der Waals surface area contributed by atoms with E-state index in [0.717, 1.165) is 22.2 Å². The summed E-state index contributed by atoms with van der Waals surface area (Å²) in [5.74, 6) is 0. The molecule has 0 bridgehead atoms. The maximum absolute atomic E-state index is 12.9. The third-order valence-electron chi connectivity index (χ3n) is 5.51. The van der Waals surface area contributed by atoms with E-state index in [4.69, 9.17) is 0 Å². The van der Waals surface area contributed by atoms with Crippen molar-refractivity contribution in [1.82, 2.24) is 9.78 Å². The van der Waals surface area contributed by atoms with Crippen LogP contribution in [0.1, 0.15) is 16.7 Å². The van der Waals surface area contributed by atoms with E-state index in [1.165, 1.54) is 0 Å². The van der Waals surface area contributed by atoms with Gasteiger partial charge in [0.2, 0.25) is 0 Å². The average molecular weight is 376 g/mol. The molecule has 140 valence electrons. The van der Waals surface area contributed by atoms with Gasteiger partial charge in [0.05, 0.1) is 10.9 Å². The molecule has 0 aliphatic carbocycles. The van der Waals surface area contributed by atoms with E-state index in [1.807, 2.05) is 83.5 Å².